The van der Waals surface area contributed by atoms with Crippen LogP contribution in [-0.2, 0) is 19.1 Å². The lowest BCUT2D eigenvalue weighted by Crippen LogP contribution is -2.57. The molecular formula is C25H34ClN3O5. The highest BCUT2D eigenvalue weighted by molar-refractivity contribution is 6.33. The monoisotopic (exact) mass is 491 g/mol. The van der Waals surface area contributed by atoms with Crippen LogP contribution in [0.4, 0.5) is 5.69 Å². The molecule has 1 aromatic carbocycles. The molecule has 0 aromatic heterocycles. The number of ether oxygens (including phenoxy) is 1. The highest BCUT2D eigenvalue weighted by Gasteiger charge is 2.78. The molecule has 3 fully saturated rings. The summed E-state index contributed by atoms with van der Waals surface area (Å²) in [5.74, 6) is -2.57. The molecule has 3 heterocycles. The fraction of sp³-hybridized carbons (Fsp3) is 0.640. The molecule has 9 heteroatoms. The molecule has 6 atom stereocenters. The van der Waals surface area contributed by atoms with Gasteiger partial charge in [-0.25, -0.2) is 0 Å². The summed E-state index contributed by atoms with van der Waals surface area (Å²) in [6, 6.07) is 5.31. The van der Waals surface area contributed by atoms with Crippen molar-refractivity contribution in [3.8, 4) is 0 Å². The van der Waals surface area contributed by atoms with Crippen LogP contribution >= 0.6 is 11.6 Å². The minimum absolute atomic E-state index is 0.111. The first-order valence-electron chi connectivity index (χ1n) is 12.1. The Kier molecular flexibility index (Phi) is 6.70. The lowest BCUT2D eigenvalue weighted by molar-refractivity contribution is -0.149. The van der Waals surface area contributed by atoms with Crippen molar-refractivity contribution in [2.75, 3.05) is 18.5 Å². The Hall–Kier alpha value is -2.16. The molecule has 186 valence electrons. The highest BCUT2D eigenvalue weighted by atomic mass is 35.5. The summed E-state index contributed by atoms with van der Waals surface area (Å²) in [6.45, 7) is 7.83. The quantitative estimate of drug-likeness (QED) is 0.518. The van der Waals surface area contributed by atoms with Crippen molar-refractivity contribution < 1.29 is 24.2 Å². The number of benzene rings is 1. The van der Waals surface area contributed by atoms with Gasteiger partial charge in [-0.05, 0) is 44.2 Å². The predicted octanol–water partition coefficient (Wildman–Crippen LogP) is 2.59. The molecule has 3 amide bonds. The van der Waals surface area contributed by atoms with E-state index in [9.17, 15) is 19.5 Å². The maximum Gasteiger partial charge on any atom is 0.250 e. The second-order valence-electron chi connectivity index (χ2n) is 10.2. The van der Waals surface area contributed by atoms with Crippen molar-refractivity contribution in [1.82, 2.24) is 10.2 Å². The van der Waals surface area contributed by atoms with E-state index in [2.05, 4.69) is 10.6 Å². The van der Waals surface area contributed by atoms with Crippen LogP contribution in [0, 0.1) is 17.8 Å². The molecule has 34 heavy (non-hydrogen) atoms. The largest absolute Gasteiger partial charge is 0.394 e. The van der Waals surface area contributed by atoms with E-state index in [1.54, 1.807) is 24.3 Å². The Bertz CT molecular complexity index is 987. The van der Waals surface area contributed by atoms with Crippen LogP contribution in [0.2, 0.25) is 5.02 Å². The number of rotatable bonds is 8. The van der Waals surface area contributed by atoms with Crippen LogP contribution in [0.15, 0.2) is 24.3 Å². The van der Waals surface area contributed by atoms with E-state index in [0.717, 1.165) is 6.42 Å². The molecule has 0 aliphatic carbocycles. The van der Waals surface area contributed by atoms with Crippen LogP contribution in [0.5, 0.6) is 0 Å². The number of nitrogens with one attached hydrogen (secondary N) is 2. The molecule has 1 aromatic rings. The van der Waals surface area contributed by atoms with Gasteiger partial charge in [0.2, 0.25) is 17.7 Å². The van der Waals surface area contributed by atoms with Gasteiger partial charge in [0.05, 0.1) is 40.8 Å². The first-order chi connectivity index (χ1) is 16.1. The molecule has 3 N–H and O–H groups in total. The van der Waals surface area contributed by atoms with E-state index in [1.165, 1.54) is 4.90 Å². The van der Waals surface area contributed by atoms with Gasteiger partial charge in [-0.2, -0.15) is 0 Å². The maximum absolute atomic E-state index is 14.0. The van der Waals surface area contributed by atoms with Gasteiger partial charge in [0.25, 0.3) is 0 Å². The van der Waals surface area contributed by atoms with Crippen LogP contribution in [-0.4, -0.2) is 64.2 Å². The summed E-state index contributed by atoms with van der Waals surface area (Å²) in [5, 5.41) is 16.4. The molecule has 3 saturated heterocycles. The second-order valence-corrected chi connectivity index (χ2v) is 10.6. The number of anilines is 1. The Morgan fingerprint density at radius 1 is 1.26 bits per heavy atom. The van der Waals surface area contributed by atoms with E-state index >= 15 is 0 Å². The van der Waals surface area contributed by atoms with Crippen molar-refractivity contribution in [2.24, 2.45) is 17.8 Å². The van der Waals surface area contributed by atoms with E-state index in [-0.39, 0.29) is 24.3 Å². The topological polar surface area (TPSA) is 108 Å². The van der Waals surface area contributed by atoms with Gasteiger partial charge >= 0.3 is 0 Å². The van der Waals surface area contributed by atoms with Gasteiger partial charge in [-0.15, -0.1) is 0 Å². The average molecular weight is 492 g/mol. The summed E-state index contributed by atoms with van der Waals surface area (Å²) >= 11 is 6.28. The van der Waals surface area contributed by atoms with Gasteiger partial charge in [-0.3, -0.25) is 14.4 Å². The van der Waals surface area contributed by atoms with Crippen molar-refractivity contribution >= 4 is 35.0 Å². The van der Waals surface area contributed by atoms with E-state index < -0.39 is 41.0 Å². The van der Waals surface area contributed by atoms with Gasteiger partial charge in [0, 0.05) is 6.54 Å². The van der Waals surface area contributed by atoms with Crippen LogP contribution in [0.3, 0.4) is 0 Å². The number of fused-ring (bicyclic) bond motifs is 1. The fourth-order valence-corrected chi connectivity index (χ4v) is 6.35. The first kappa shape index (κ1) is 24.9. The van der Waals surface area contributed by atoms with E-state index in [0.29, 0.717) is 30.1 Å². The van der Waals surface area contributed by atoms with Gasteiger partial charge in [-0.1, -0.05) is 44.5 Å². The predicted molar refractivity (Wildman–Crippen MR) is 128 cm³/mol. The third kappa shape index (κ3) is 3.71. The van der Waals surface area contributed by atoms with Gasteiger partial charge in [0.15, 0.2) is 0 Å². The molecular weight excluding hydrogens is 458 g/mol. The summed E-state index contributed by atoms with van der Waals surface area (Å²) in [6.07, 6.45) is 1.82. The molecule has 3 aliphatic heterocycles. The van der Waals surface area contributed by atoms with Gasteiger partial charge < -0.3 is 25.4 Å². The zero-order valence-electron chi connectivity index (χ0n) is 20.1. The zero-order chi connectivity index (χ0) is 24.8. The number of aliphatic hydroxyl groups excluding tert-OH is 1. The van der Waals surface area contributed by atoms with E-state index in [1.807, 2.05) is 27.7 Å². The summed E-state index contributed by atoms with van der Waals surface area (Å²) in [5.41, 5.74) is -1.55. The molecule has 8 nitrogen and oxygen atoms in total. The maximum atomic E-state index is 14.0. The van der Waals surface area contributed by atoms with Crippen LogP contribution in [0.25, 0.3) is 0 Å². The molecule has 4 rings (SSSR count). The lowest BCUT2D eigenvalue weighted by Gasteiger charge is -2.38. The molecule has 0 radical (unpaired) electrons. The number of hydrogen-bond donors (Lipinski definition) is 3. The number of nitrogens with zero attached hydrogens (tertiary/aromatic N) is 1. The number of halogens is 1. The third-order valence-corrected chi connectivity index (χ3v) is 8.07. The Morgan fingerprint density at radius 2 is 1.97 bits per heavy atom. The standard InChI is InChI=1S/C25H34ClN3O5/c1-5-12-27-21(31)18-19-23(33)29(17(13-30)14(2)3)20(25(19)11-10-24(18,4)34-25)22(32)28-16-9-7-6-8-15(16)26/h6-9,14,17-20,30H,5,10-13H2,1-4H3,(H,27,31)(H,28,32)/t17-,18-,19-,20?,24+,25?/m0/s1. The lowest BCUT2D eigenvalue weighted by atomic mass is 9.66. The highest BCUT2D eigenvalue weighted by Crippen LogP contribution is 2.63. The minimum Gasteiger partial charge on any atom is -0.394 e. The van der Waals surface area contributed by atoms with Crippen LogP contribution < -0.4 is 10.6 Å². The number of carbonyl (C=O) groups excluding carboxylic acids is 3. The number of hydrogen-bond acceptors (Lipinski definition) is 5. The zero-order valence-corrected chi connectivity index (χ0v) is 20.9. The van der Waals surface area contributed by atoms with Crippen molar-refractivity contribution in [2.45, 2.75) is 70.2 Å². The second kappa shape index (κ2) is 9.13. The molecule has 0 saturated carbocycles. The molecule has 1 spiro atoms. The van der Waals surface area contributed by atoms with Crippen molar-refractivity contribution in [3.05, 3.63) is 29.3 Å². The average Bonchev–Trinajstić information content (AvgIpc) is 3.35. The molecule has 2 unspecified atom stereocenters. The summed E-state index contributed by atoms with van der Waals surface area (Å²) in [4.78, 5) is 42.5. The van der Waals surface area contributed by atoms with Crippen molar-refractivity contribution in [1.29, 1.82) is 0 Å². The van der Waals surface area contributed by atoms with Gasteiger partial charge in [0.1, 0.15) is 11.6 Å². The Morgan fingerprint density at radius 3 is 2.59 bits per heavy atom. The number of carbonyl (C=O) groups is 3. The SMILES string of the molecule is CCCNC(=O)[C@@H]1[C@H]2C(=O)N([C@@H](CO)C(C)C)C(C(=O)Nc3ccccc3Cl)C23CC[C@@]1(C)O3. The molecule has 2 bridgehead atoms. The normalized spacial score (nSPS) is 32.7. The molecule has 3 aliphatic rings. The van der Waals surface area contributed by atoms with E-state index in [4.69, 9.17) is 16.3 Å². The van der Waals surface area contributed by atoms with Crippen LogP contribution in [0.1, 0.15) is 47.0 Å². The fourth-order valence-electron chi connectivity index (χ4n) is 6.16. The number of amides is 3. The number of likely N-dealkylation sites (tertiary alicyclic amines) is 1. The minimum atomic E-state index is -1.15. The smallest absolute Gasteiger partial charge is 0.250 e. The first-order valence-corrected chi connectivity index (χ1v) is 12.5. The Labute approximate surface area is 205 Å². The Balaban J connectivity index is 1.78. The van der Waals surface area contributed by atoms with Crippen molar-refractivity contribution in [3.63, 3.8) is 0 Å². The third-order valence-electron chi connectivity index (χ3n) is 7.74. The number of aliphatic hydroxyl groups is 1. The summed E-state index contributed by atoms with van der Waals surface area (Å²) < 4.78 is 6.56. The summed E-state index contributed by atoms with van der Waals surface area (Å²) in [7, 11) is 0. The number of para-hydroxylation sites is 1.